The number of sulfonamides is 1. The van der Waals surface area contributed by atoms with Gasteiger partial charge in [-0.05, 0) is 187 Å². The van der Waals surface area contributed by atoms with E-state index in [1.807, 2.05) is 214 Å². The van der Waals surface area contributed by atoms with Gasteiger partial charge in [0.1, 0.15) is 39.6 Å². The van der Waals surface area contributed by atoms with Gasteiger partial charge in [0.2, 0.25) is 11.5 Å². The molecule has 0 saturated heterocycles. The Morgan fingerprint density at radius 2 is 0.769 bits per heavy atom. The number of nitrogens with one attached hydrogen (secondary N) is 1. The molecule has 588 valence electrons. The molecule has 4 heterocycles. The van der Waals surface area contributed by atoms with Crippen LogP contribution in [0.25, 0.3) is 87.0 Å². The fraction of sp³-hybridized carbons (Fsp3) is 0.135. The normalized spacial score (nSPS) is 11.3. The van der Waals surface area contributed by atoms with Crippen LogP contribution in [0, 0.1) is 13.8 Å². The third-order valence-electron chi connectivity index (χ3n) is 20.0. The van der Waals surface area contributed by atoms with Crippen molar-refractivity contribution in [3.05, 3.63) is 345 Å². The second-order valence-electron chi connectivity index (χ2n) is 27.8. The quantitative estimate of drug-likeness (QED) is 0.0235. The van der Waals surface area contributed by atoms with Gasteiger partial charge < -0.3 is 47.2 Å². The Morgan fingerprint density at radius 1 is 0.368 bits per heavy atom. The van der Waals surface area contributed by atoms with E-state index in [2.05, 4.69) is 29.0 Å². The molecule has 0 radical (unpaired) electrons. The predicted molar refractivity (Wildman–Crippen MR) is 456 cm³/mol. The molecule has 0 saturated carbocycles. The van der Waals surface area contributed by atoms with Crippen LogP contribution in [0.15, 0.2) is 296 Å². The van der Waals surface area contributed by atoms with Crippen LogP contribution in [-0.2, 0) is 46.9 Å². The number of carboxylic acids is 3. The summed E-state index contributed by atoms with van der Waals surface area (Å²) in [5.74, 6) is -3.23. The molecule has 0 aliphatic heterocycles. The monoisotopic (exact) mass is 1620 g/mol. The predicted octanol–water partition coefficient (Wildman–Crippen LogP) is 22.9. The largest absolute Gasteiger partial charge is 0.494 e. The summed E-state index contributed by atoms with van der Waals surface area (Å²) < 4.78 is 68.6. The smallest absolute Gasteiger partial charge is 0.380 e. The summed E-state index contributed by atoms with van der Waals surface area (Å²) >= 11 is 12.2. The van der Waals surface area contributed by atoms with Gasteiger partial charge in [-0.1, -0.05) is 223 Å². The number of fused-ring (bicyclic) bond motifs is 8. The van der Waals surface area contributed by atoms with Crippen LogP contribution >= 0.6 is 23.2 Å². The maximum absolute atomic E-state index is 13.3. The second-order valence-corrected chi connectivity index (χ2v) is 30.3. The summed E-state index contributed by atoms with van der Waals surface area (Å²) in [5.41, 5.74) is 8.03. The number of amides is 1. The number of furan rings is 4. The number of rotatable bonds is 25. The maximum atomic E-state index is 13.3. The zero-order chi connectivity index (χ0) is 81.7. The fourth-order valence-corrected chi connectivity index (χ4v) is 15.8. The van der Waals surface area contributed by atoms with Crippen molar-refractivity contribution < 1.29 is 79.6 Å². The van der Waals surface area contributed by atoms with Crippen molar-refractivity contribution in [2.45, 2.75) is 70.1 Å². The van der Waals surface area contributed by atoms with Crippen molar-refractivity contribution in [2.24, 2.45) is 0 Å². The van der Waals surface area contributed by atoms with E-state index < -0.39 is 39.6 Å². The highest BCUT2D eigenvalue weighted by Gasteiger charge is 2.29. The number of benzene rings is 13. The zero-order valence-corrected chi connectivity index (χ0v) is 65.8. The zero-order valence-electron chi connectivity index (χ0n) is 63.5. The van der Waals surface area contributed by atoms with E-state index in [1.165, 1.54) is 22.4 Å². The molecule has 18 nitrogen and oxygen atoms in total. The molecule has 13 aromatic carbocycles. The Labute approximate surface area is 682 Å². The van der Waals surface area contributed by atoms with E-state index in [1.54, 1.807) is 42.5 Å². The minimum absolute atomic E-state index is 0.00859. The molecule has 21 heteroatoms. The Bertz CT molecular complexity index is 6670. The van der Waals surface area contributed by atoms with E-state index in [0.717, 1.165) is 99.4 Å². The van der Waals surface area contributed by atoms with E-state index in [0.29, 0.717) is 109 Å². The SMILES string of the molecule is Cc1cc(OCCCc2c(C(=O)O)oc3ccccc23)cc(C)c1Cl.O=C(NS(=O)(=O)c1ccc2ccccc2c1)c1oc2ccccc2c1CCCOc1cccc2ccccc12.O=C(O)C(=O)c1oc2ccc(Cl)cc2c1CCCOc1cccc2ccccc12.O=C(O)c1oc2ccccc2c1CCc1cccc2ccccc12. The number of aromatic carboxylic acids is 2. The maximum Gasteiger partial charge on any atom is 0.380 e. The van der Waals surface area contributed by atoms with Crippen molar-refractivity contribution in [3.8, 4) is 17.2 Å². The molecule has 0 unspecified atom stereocenters. The summed E-state index contributed by atoms with van der Waals surface area (Å²) in [6.45, 7) is 5.20. The number of hydrogen-bond acceptors (Lipinski definition) is 14. The number of aryl methyl sites for hydroxylation is 7. The summed E-state index contributed by atoms with van der Waals surface area (Å²) in [6.07, 6.45) is 4.73. The molecule has 0 spiro atoms. The van der Waals surface area contributed by atoms with Crippen LogP contribution in [0.1, 0.15) is 100 Å². The topological polar surface area (TPSA) is 272 Å². The summed E-state index contributed by atoms with van der Waals surface area (Å²) in [5, 5.41) is 40.6. The average Bonchev–Trinajstić information content (AvgIpc) is 1.70. The van der Waals surface area contributed by atoms with Crippen molar-refractivity contribution in [1.29, 1.82) is 0 Å². The van der Waals surface area contributed by atoms with Gasteiger partial charge in [-0.2, -0.15) is 0 Å². The first-order valence-corrected chi connectivity index (χ1v) is 40.1. The molecule has 1 amide bonds. The molecule has 117 heavy (non-hydrogen) atoms. The molecule has 0 fully saturated rings. The standard InChI is InChI=1S/C32H25NO5S.C23H17ClO5.C21H16O3.C20H19ClO4/c34-32(33-39(35,36)25-19-18-22-9-1-2-11-24(22)21-25)31-28(27-14-5-6-16-30(27)38-31)15-8-20-37-29-17-7-12-23-10-3-4-13-26(23)29;24-15-10-11-20-18(13-15)17(22(29-20)21(25)23(26)27)8-4-12-28-19-9-3-6-14-5-1-2-7-16(14)19;22-21(23)20-18(17-10-3-4-11-19(17)24-20)13-12-15-8-5-7-14-6-1-2-9-16(14)15;1-12-10-14(11-13(2)18(12)21)24-9-5-7-16-15-6-3-4-8-17(15)25-19(16)20(22)23/h1-7,9-14,16-19,21H,8,15,20H2,(H,33,34);1-3,5-7,9-11,13H,4,8,12H2,(H,26,27);1-11H,12-13H2,(H,22,23);3-4,6,8,10-11H,5,7,9H2,1-2H3,(H,22,23). The number of carboxylic acid groups (broad SMARTS) is 3. The van der Waals surface area contributed by atoms with E-state index >= 15 is 0 Å². The van der Waals surface area contributed by atoms with Gasteiger partial charge in [0.15, 0.2) is 11.5 Å². The molecule has 0 aliphatic carbocycles. The van der Waals surface area contributed by atoms with Crippen molar-refractivity contribution in [3.63, 3.8) is 0 Å². The minimum Gasteiger partial charge on any atom is -0.494 e. The van der Waals surface area contributed by atoms with Gasteiger partial charge in [-0.25, -0.2) is 27.5 Å². The number of aliphatic carboxylic acids is 1. The fourth-order valence-electron chi connectivity index (χ4n) is 14.5. The lowest BCUT2D eigenvalue weighted by atomic mass is 9.97. The highest BCUT2D eigenvalue weighted by molar-refractivity contribution is 7.90. The van der Waals surface area contributed by atoms with Crippen LogP contribution in [0.5, 0.6) is 17.2 Å². The molecule has 4 aromatic heterocycles. The van der Waals surface area contributed by atoms with Crippen molar-refractivity contribution >= 4 is 150 Å². The lowest BCUT2D eigenvalue weighted by Gasteiger charge is -2.10. The van der Waals surface area contributed by atoms with Crippen LogP contribution < -0.4 is 18.9 Å². The van der Waals surface area contributed by atoms with Gasteiger partial charge in [-0.15, -0.1) is 0 Å². The third-order valence-corrected chi connectivity index (χ3v) is 22.2. The van der Waals surface area contributed by atoms with Crippen LogP contribution in [0.3, 0.4) is 0 Å². The Hall–Kier alpha value is -13.5. The van der Waals surface area contributed by atoms with Gasteiger partial charge in [0, 0.05) is 64.6 Å². The molecule has 0 atom stereocenters. The third kappa shape index (κ3) is 18.5. The van der Waals surface area contributed by atoms with Crippen LogP contribution in [-0.4, -0.2) is 73.2 Å². The highest BCUT2D eigenvalue weighted by Crippen LogP contribution is 2.36. The Morgan fingerprint density at radius 3 is 1.29 bits per heavy atom. The first-order valence-electron chi connectivity index (χ1n) is 37.8. The molecule has 0 aliphatic rings. The van der Waals surface area contributed by atoms with E-state index in [9.17, 15) is 42.6 Å². The van der Waals surface area contributed by atoms with E-state index in [4.69, 9.17) is 60.2 Å². The van der Waals surface area contributed by atoms with Crippen molar-refractivity contribution in [1.82, 2.24) is 4.72 Å². The molecule has 17 aromatic rings. The summed E-state index contributed by atoms with van der Waals surface area (Å²) in [4.78, 5) is 59.5. The molecule has 0 bridgehead atoms. The summed E-state index contributed by atoms with van der Waals surface area (Å²) in [6, 6.07) is 85.4. The van der Waals surface area contributed by atoms with Gasteiger partial charge in [-0.3, -0.25) is 9.59 Å². The molecule has 17 rings (SSSR count). The van der Waals surface area contributed by atoms with Gasteiger partial charge >= 0.3 is 29.6 Å². The number of carbonyl (C=O) groups excluding carboxylic acids is 2. The highest BCUT2D eigenvalue weighted by atomic mass is 35.5. The van der Waals surface area contributed by atoms with E-state index in [-0.39, 0.29) is 27.9 Å². The Balaban J connectivity index is 0.000000131. The number of carbonyl (C=O) groups is 5. The number of para-hydroxylation sites is 3. The number of halogens is 2. The van der Waals surface area contributed by atoms with Crippen LogP contribution in [0.2, 0.25) is 10.0 Å². The second kappa shape index (κ2) is 36.4. The number of Topliss-reactive ketones (excluding diaryl/α,β-unsaturated/α-hetero) is 1. The number of ketones is 1. The number of hydrogen-bond donors (Lipinski definition) is 4. The number of ether oxygens (including phenoxy) is 3. The lowest BCUT2D eigenvalue weighted by Crippen LogP contribution is -2.31. The molecular weight excluding hydrogens is 1540 g/mol. The van der Waals surface area contributed by atoms with Gasteiger partial charge in [0.25, 0.3) is 10.0 Å². The first-order chi connectivity index (χ1) is 56.7. The minimum atomic E-state index is -4.12. The Kier molecular flexibility index (Phi) is 24.9. The lowest BCUT2D eigenvalue weighted by molar-refractivity contribution is -0.132. The summed E-state index contributed by atoms with van der Waals surface area (Å²) in [7, 11) is -4.12. The van der Waals surface area contributed by atoms with Gasteiger partial charge in [0.05, 0.1) is 24.7 Å². The first kappa shape index (κ1) is 80.2. The molecular formula is C96H77Cl2NO17S. The molecule has 4 N–H and O–H groups in total. The average molecular weight is 1620 g/mol. The van der Waals surface area contributed by atoms with Crippen LogP contribution in [0.4, 0.5) is 0 Å². The van der Waals surface area contributed by atoms with Crippen molar-refractivity contribution in [2.75, 3.05) is 19.8 Å².